The second-order valence-corrected chi connectivity index (χ2v) is 8.43. The first-order chi connectivity index (χ1) is 16.1. The highest BCUT2D eigenvalue weighted by Gasteiger charge is 2.19. The topological polar surface area (TPSA) is 70.6 Å². The van der Waals surface area contributed by atoms with E-state index >= 15 is 0 Å². The molecule has 0 unspecified atom stereocenters. The van der Waals surface area contributed by atoms with Gasteiger partial charge < -0.3 is 19.9 Å². The fraction of sp³-hybridized carbons (Fsp3) is 0.292. The van der Waals surface area contributed by atoms with Crippen LogP contribution < -0.4 is 19.9 Å². The van der Waals surface area contributed by atoms with Crippen LogP contribution in [0.1, 0.15) is 6.92 Å². The van der Waals surface area contributed by atoms with Crippen LogP contribution >= 0.6 is 11.8 Å². The predicted octanol–water partition coefficient (Wildman–Crippen LogP) is 4.07. The Morgan fingerprint density at radius 1 is 1.06 bits per heavy atom. The highest BCUT2D eigenvalue weighted by atomic mass is 32.2. The second-order valence-electron chi connectivity index (χ2n) is 7.43. The number of piperazine rings is 1. The molecule has 7 nitrogen and oxygen atoms in total. The number of hydrogen-bond donors (Lipinski definition) is 1. The third-order valence-corrected chi connectivity index (χ3v) is 6.16. The minimum Gasteiger partial charge on any atom is -0.492 e. The summed E-state index contributed by atoms with van der Waals surface area (Å²) in [7, 11) is 0. The maximum Gasteiger partial charge on any atom is 0.234 e. The van der Waals surface area contributed by atoms with Crippen LogP contribution in [0, 0.1) is 5.82 Å². The fourth-order valence-corrected chi connectivity index (χ4v) is 4.27. The molecule has 1 saturated heterocycles. The van der Waals surface area contributed by atoms with Crippen molar-refractivity contribution in [3.05, 3.63) is 66.7 Å². The van der Waals surface area contributed by atoms with Gasteiger partial charge in [-0.05, 0) is 43.3 Å². The molecule has 3 aromatic rings. The molecule has 1 N–H and O–H groups in total. The van der Waals surface area contributed by atoms with E-state index in [2.05, 4.69) is 25.1 Å². The van der Waals surface area contributed by atoms with E-state index < -0.39 is 0 Å². The molecule has 33 heavy (non-hydrogen) atoms. The van der Waals surface area contributed by atoms with Crippen molar-refractivity contribution in [1.29, 1.82) is 0 Å². The number of ether oxygens (including phenoxy) is 1. The van der Waals surface area contributed by atoms with Crippen molar-refractivity contribution in [2.45, 2.75) is 11.9 Å². The molecule has 4 rings (SSSR count). The highest BCUT2D eigenvalue weighted by Crippen LogP contribution is 2.25. The quantitative estimate of drug-likeness (QED) is 0.396. The van der Waals surface area contributed by atoms with E-state index in [1.54, 1.807) is 0 Å². The number of nitrogens with one attached hydrogen (secondary N) is 1. The average Bonchev–Trinajstić information content (AvgIpc) is 2.85. The summed E-state index contributed by atoms with van der Waals surface area (Å²) in [6.07, 6.45) is 1.53. The van der Waals surface area contributed by atoms with E-state index in [4.69, 9.17) is 4.74 Å². The van der Waals surface area contributed by atoms with Gasteiger partial charge in [-0.15, -0.1) is 0 Å². The Morgan fingerprint density at radius 2 is 1.79 bits per heavy atom. The van der Waals surface area contributed by atoms with Crippen LogP contribution in [0.3, 0.4) is 0 Å². The number of carbonyl (C=O) groups is 1. The molecule has 1 aromatic heterocycles. The van der Waals surface area contributed by atoms with Crippen LogP contribution in [0.2, 0.25) is 0 Å². The van der Waals surface area contributed by atoms with Crippen LogP contribution in [0.5, 0.6) is 5.75 Å². The standard InChI is InChI=1S/C24H26FN5O2S/c1-2-32-21-6-4-3-5-20(21)28-23(31)16-33-24-15-22(26-17-27-24)30-13-11-29(12-14-30)19-9-7-18(25)8-10-19/h3-10,15,17H,2,11-14,16H2,1H3,(H,28,31). The first-order valence-electron chi connectivity index (χ1n) is 10.8. The number of carbonyl (C=O) groups excluding carboxylic acids is 1. The third-order valence-electron chi connectivity index (χ3n) is 5.24. The van der Waals surface area contributed by atoms with Crippen molar-refractivity contribution in [1.82, 2.24) is 9.97 Å². The van der Waals surface area contributed by atoms with Gasteiger partial charge in [0, 0.05) is 37.9 Å². The molecule has 172 valence electrons. The van der Waals surface area contributed by atoms with Gasteiger partial charge in [-0.25, -0.2) is 14.4 Å². The maximum atomic E-state index is 13.2. The summed E-state index contributed by atoms with van der Waals surface area (Å²) in [5, 5.41) is 3.64. The minimum atomic E-state index is -0.226. The van der Waals surface area contributed by atoms with Crippen molar-refractivity contribution < 1.29 is 13.9 Å². The molecule has 0 spiro atoms. The molecule has 0 atom stereocenters. The highest BCUT2D eigenvalue weighted by molar-refractivity contribution is 7.99. The number of aromatic nitrogens is 2. The van der Waals surface area contributed by atoms with E-state index in [1.807, 2.05) is 49.4 Å². The zero-order valence-electron chi connectivity index (χ0n) is 18.4. The van der Waals surface area contributed by atoms with Gasteiger partial charge in [-0.1, -0.05) is 23.9 Å². The van der Waals surface area contributed by atoms with Crippen LogP contribution in [-0.2, 0) is 4.79 Å². The molecule has 1 aliphatic rings. The van der Waals surface area contributed by atoms with E-state index in [0.717, 1.165) is 42.7 Å². The Labute approximate surface area is 197 Å². The Hall–Kier alpha value is -3.33. The molecule has 9 heteroatoms. The van der Waals surface area contributed by atoms with Gasteiger partial charge in [0.05, 0.1) is 18.0 Å². The van der Waals surface area contributed by atoms with Crippen molar-refractivity contribution in [2.75, 3.05) is 53.7 Å². The fourth-order valence-electron chi connectivity index (χ4n) is 3.60. The Morgan fingerprint density at radius 3 is 2.55 bits per heavy atom. The van der Waals surface area contributed by atoms with Crippen molar-refractivity contribution >= 4 is 34.9 Å². The number of para-hydroxylation sites is 2. The Bertz CT molecular complexity index is 1070. The van der Waals surface area contributed by atoms with Crippen LogP contribution in [0.4, 0.5) is 21.6 Å². The predicted molar refractivity (Wildman–Crippen MR) is 130 cm³/mol. The number of rotatable bonds is 8. The zero-order chi connectivity index (χ0) is 23.0. The normalized spacial score (nSPS) is 13.6. The van der Waals surface area contributed by atoms with Gasteiger partial charge in [0.2, 0.25) is 5.91 Å². The Balaban J connectivity index is 1.30. The van der Waals surface area contributed by atoms with Gasteiger partial charge in [-0.3, -0.25) is 4.79 Å². The minimum absolute atomic E-state index is 0.125. The molecule has 1 amide bonds. The maximum absolute atomic E-state index is 13.2. The lowest BCUT2D eigenvalue weighted by Gasteiger charge is -2.36. The summed E-state index contributed by atoms with van der Waals surface area (Å²) in [6, 6.07) is 15.9. The molecular formula is C24H26FN5O2S. The van der Waals surface area contributed by atoms with Gasteiger partial charge in [0.25, 0.3) is 0 Å². The molecule has 1 aliphatic heterocycles. The molecule has 2 heterocycles. The summed E-state index contributed by atoms with van der Waals surface area (Å²) in [5.41, 5.74) is 1.68. The number of anilines is 3. The van der Waals surface area contributed by atoms with Crippen LogP contribution in [0.15, 0.2) is 66.0 Å². The monoisotopic (exact) mass is 467 g/mol. The van der Waals surface area contributed by atoms with E-state index in [-0.39, 0.29) is 17.5 Å². The lowest BCUT2D eigenvalue weighted by Crippen LogP contribution is -2.46. The molecule has 0 saturated carbocycles. The lowest BCUT2D eigenvalue weighted by molar-refractivity contribution is -0.113. The summed E-state index contributed by atoms with van der Waals surface area (Å²) in [6.45, 7) is 5.67. The van der Waals surface area contributed by atoms with Crippen molar-refractivity contribution in [2.24, 2.45) is 0 Å². The summed E-state index contributed by atoms with van der Waals surface area (Å²) < 4.78 is 18.7. The lowest BCUT2D eigenvalue weighted by atomic mass is 10.2. The van der Waals surface area contributed by atoms with Gasteiger partial charge in [-0.2, -0.15) is 0 Å². The van der Waals surface area contributed by atoms with E-state index in [0.29, 0.717) is 18.0 Å². The van der Waals surface area contributed by atoms with Crippen molar-refractivity contribution in [3.8, 4) is 5.75 Å². The summed E-state index contributed by atoms with van der Waals surface area (Å²) in [4.78, 5) is 25.6. The van der Waals surface area contributed by atoms with E-state index in [9.17, 15) is 9.18 Å². The SMILES string of the molecule is CCOc1ccccc1NC(=O)CSc1cc(N2CCN(c3ccc(F)cc3)CC2)ncn1. The number of hydrogen-bond acceptors (Lipinski definition) is 7. The van der Waals surface area contributed by atoms with Crippen LogP contribution in [-0.4, -0.2) is 54.4 Å². The first-order valence-corrected chi connectivity index (χ1v) is 11.8. The van der Waals surface area contributed by atoms with Gasteiger partial charge in [0.15, 0.2) is 0 Å². The third kappa shape index (κ3) is 6.13. The number of halogens is 1. The van der Waals surface area contributed by atoms with Crippen LogP contribution in [0.25, 0.3) is 0 Å². The molecule has 0 radical (unpaired) electrons. The zero-order valence-corrected chi connectivity index (χ0v) is 19.2. The van der Waals surface area contributed by atoms with Gasteiger partial charge >= 0.3 is 0 Å². The first kappa shape index (κ1) is 22.8. The van der Waals surface area contributed by atoms with Gasteiger partial charge in [0.1, 0.15) is 28.7 Å². The number of amides is 1. The number of thioether (sulfide) groups is 1. The molecule has 0 aliphatic carbocycles. The molecule has 2 aromatic carbocycles. The summed E-state index contributed by atoms with van der Waals surface area (Å²) >= 11 is 1.37. The van der Waals surface area contributed by atoms with E-state index in [1.165, 1.54) is 30.2 Å². The van der Waals surface area contributed by atoms with Crippen molar-refractivity contribution in [3.63, 3.8) is 0 Å². The Kier molecular flexibility index (Phi) is 7.62. The number of benzene rings is 2. The molecule has 1 fully saturated rings. The molecule has 0 bridgehead atoms. The summed E-state index contributed by atoms with van der Waals surface area (Å²) in [5.74, 6) is 1.38. The smallest absolute Gasteiger partial charge is 0.234 e. The average molecular weight is 468 g/mol. The largest absolute Gasteiger partial charge is 0.492 e. The molecular weight excluding hydrogens is 441 g/mol. The number of nitrogens with zero attached hydrogens (tertiary/aromatic N) is 4. The second kappa shape index (κ2) is 11.0.